The summed E-state index contributed by atoms with van der Waals surface area (Å²) in [5, 5.41) is 0. The highest BCUT2D eigenvalue weighted by molar-refractivity contribution is 7.46. The van der Waals surface area contributed by atoms with Gasteiger partial charge < -0.3 is 8.43 Å². The van der Waals surface area contributed by atoms with Gasteiger partial charge in [0.25, 0.3) is 21.0 Å². The summed E-state index contributed by atoms with van der Waals surface area (Å²) in [5.41, 5.74) is 5.00. The van der Waals surface area contributed by atoms with Gasteiger partial charge >= 0.3 is 0 Å². The molecular weight excluding hydrogens is 133 g/mol. The molecule has 0 spiro atoms. The Morgan fingerprint density at radius 2 is 1.67 bits per heavy atom. The first-order chi connectivity index (χ1) is 2.81. The lowest BCUT2D eigenvalue weighted by atomic mass is 13.9. The lowest BCUT2D eigenvalue weighted by Gasteiger charge is -2.01. The normalized spacial score (nSPS) is 10.0. The maximum atomic E-state index is 5.00. The molecule has 0 saturated carbocycles. The van der Waals surface area contributed by atoms with Gasteiger partial charge in [-0.25, -0.2) is 0 Å². The first kappa shape index (κ1) is 6.74. The van der Waals surface area contributed by atoms with Crippen LogP contribution in [0.3, 0.4) is 0 Å². The van der Waals surface area contributed by atoms with Crippen LogP contribution < -0.4 is 5.50 Å². The van der Waals surface area contributed by atoms with Crippen molar-refractivity contribution < 1.29 is 8.43 Å². The van der Waals surface area contributed by atoms with Crippen LogP contribution in [-0.2, 0) is 8.43 Å². The van der Waals surface area contributed by atoms with Gasteiger partial charge in [0.2, 0.25) is 8.53 Å². The standard InChI is InChI=1S/H2NO2PSi2/c1-4(2-5)3-6/h1H2. The van der Waals surface area contributed by atoms with Crippen molar-refractivity contribution in [3.63, 3.8) is 0 Å². The zero-order valence-electron chi connectivity index (χ0n) is 2.84. The molecule has 0 aromatic rings. The molecule has 0 aliphatic rings. The van der Waals surface area contributed by atoms with Crippen molar-refractivity contribution in [2.24, 2.45) is 5.50 Å². The molecule has 0 aliphatic heterocycles. The summed E-state index contributed by atoms with van der Waals surface area (Å²) < 4.78 is 8.55. The minimum Gasteiger partial charge on any atom is -0.367 e. The van der Waals surface area contributed by atoms with Gasteiger partial charge in [0.05, 0.1) is 0 Å². The second-order valence-electron chi connectivity index (χ2n) is 0.468. The van der Waals surface area contributed by atoms with Crippen LogP contribution in [-0.4, -0.2) is 21.0 Å². The number of rotatable bonds is 2. The number of nitrogens with two attached hydrogens (primary N) is 1. The summed E-state index contributed by atoms with van der Waals surface area (Å²) in [5.74, 6) is 0. The molecule has 0 bridgehead atoms. The van der Waals surface area contributed by atoms with Crippen molar-refractivity contribution in [1.82, 2.24) is 0 Å². The van der Waals surface area contributed by atoms with E-state index in [2.05, 4.69) is 29.4 Å². The minimum atomic E-state index is -1.25. The number of hydrogen-bond acceptors (Lipinski definition) is 3. The van der Waals surface area contributed by atoms with Gasteiger partial charge in [-0.05, 0) is 0 Å². The second kappa shape index (κ2) is 3.92. The Hall–Kier alpha value is 0.744. The third-order valence-electron chi connectivity index (χ3n) is 0.180. The van der Waals surface area contributed by atoms with Gasteiger partial charge in [-0.1, -0.05) is 0 Å². The topological polar surface area (TPSA) is 44.5 Å². The second-order valence-corrected chi connectivity index (χ2v) is 2.50. The Labute approximate surface area is 44.3 Å². The fourth-order valence-corrected chi connectivity index (χ4v) is 0.503. The van der Waals surface area contributed by atoms with Crippen LogP contribution in [0.4, 0.5) is 0 Å². The monoisotopic (exact) mass is 135 g/mol. The van der Waals surface area contributed by atoms with Gasteiger partial charge in [0, 0.05) is 0 Å². The lowest BCUT2D eigenvalue weighted by Crippen LogP contribution is -1.92. The molecule has 0 aliphatic carbocycles. The highest BCUT2D eigenvalue weighted by Gasteiger charge is 1.90. The van der Waals surface area contributed by atoms with Crippen molar-refractivity contribution in [2.45, 2.75) is 0 Å². The predicted molar refractivity (Wildman–Crippen MR) is 24.8 cm³/mol. The third-order valence-corrected chi connectivity index (χ3v) is 1.62. The maximum absolute atomic E-state index is 5.00. The number of hydrogen-bond donors (Lipinski definition) is 1. The van der Waals surface area contributed by atoms with Gasteiger partial charge in [-0.3, -0.25) is 5.50 Å². The molecule has 0 aromatic carbocycles. The van der Waals surface area contributed by atoms with Crippen LogP contribution in [0.2, 0.25) is 0 Å². The highest BCUT2D eigenvalue weighted by atomic mass is 31.2. The molecule has 0 fully saturated rings. The van der Waals surface area contributed by atoms with Crippen LogP contribution in [0, 0.1) is 0 Å². The van der Waals surface area contributed by atoms with Crippen molar-refractivity contribution in [3.05, 3.63) is 0 Å². The van der Waals surface area contributed by atoms with E-state index in [1.54, 1.807) is 0 Å². The van der Waals surface area contributed by atoms with E-state index in [0.717, 1.165) is 0 Å². The van der Waals surface area contributed by atoms with E-state index in [0.29, 0.717) is 0 Å². The average molecular weight is 135 g/mol. The van der Waals surface area contributed by atoms with E-state index in [4.69, 9.17) is 5.50 Å². The molecule has 0 aromatic heterocycles. The molecule has 32 valence electrons. The maximum Gasteiger partial charge on any atom is 0.257 e. The molecule has 0 amide bonds. The van der Waals surface area contributed by atoms with Gasteiger partial charge in [-0.15, -0.1) is 0 Å². The fraction of sp³-hybridized carbons (Fsp3) is 0. The van der Waals surface area contributed by atoms with E-state index in [1.807, 2.05) is 0 Å². The van der Waals surface area contributed by atoms with Crippen LogP contribution in [0.25, 0.3) is 0 Å². The summed E-state index contributed by atoms with van der Waals surface area (Å²) in [4.78, 5) is 0. The fourth-order valence-electron chi connectivity index (χ4n) is 0.0186. The van der Waals surface area contributed by atoms with Crippen molar-refractivity contribution in [1.29, 1.82) is 0 Å². The van der Waals surface area contributed by atoms with Crippen molar-refractivity contribution in [3.8, 4) is 0 Å². The molecule has 6 heavy (non-hydrogen) atoms. The SMILES string of the molecule is NP(O[Si])O[Si]. The van der Waals surface area contributed by atoms with Crippen LogP contribution in [0.5, 0.6) is 0 Å². The van der Waals surface area contributed by atoms with Gasteiger partial charge in [0.1, 0.15) is 0 Å². The van der Waals surface area contributed by atoms with E-state index in [1.165, 1.54) is 0 Å². The zero-order chi connectivity index (χ0) is 4.99. The lowest BCUT2D eigenvalue weighted by molar-refractivity contribution is 0.548. The smallest absolute Gasteiger partial charge is 0.257 e. The zero-order valence-corrected chi connectivity index (χ0v) is 5.74. The first-order valence-corrected chi connectivity index (χ1v) is 3.09. The van der Waals surface area contributed by atoms with E-state index in [-0.39, 0.29) is 0 Å². The summed E-state index contributed by atoms with van der Waals surface area (Å²) in [7, 11) is 4.08. The molecule has 0 atom stereocenters. The average Bonchev–Trinajstić information content (AvgIpc) is 1.65. The molecule has 3 nitrogen and oxygen atoms in total. The summed E-state index contributed by atoms with van der Waals surface area (Å²) in [6.45, 7) is 0. The summed E-state index contributed by atoms with van der Waals surface area (Å²) >= 11 is 0. The Kier molecular flexibility index (Phi) is 4.40. The Bertz CT molecular complexity index is 30.7. The summed E-state index contributed by atoms with van der Waals surface area (Å²) in [6.07, 6.45) is 0. The highest BCUT2D eigenvalue weighted by Crippen LogP contribution is 2.22. The molecule has 6 radical (unpaired) electrons. The van der Waals surface area contributed by atoms with Gasteiger partial charge in [0.15, 0.2) is 0 Å². The predicted octanol–water partition coefficient (Wildman–Crippen LogP) is -0.628. The van der Waals surface area contributed by atoms with E-state index >= 15 is 0 Å². The van der Waals surface area contributed by atoms with Crippen LogP contribution >= 0.6 is 8.53 Å². The minimum absolute atomic E-state index is 1.25. The molecular formula is H2NO2PSi2. The molecule has 0 heterocycles. The van der Waals surface area contributed by atoms with Crippen molar-refractivity contribution >= 4 is 29.5 Å². The third kappa shape index (κ3) is 2.95. The van der Waals surface area contributed by atoms with Crippen LogP contribution in [0.15, 0.2) is 0 Å². The van der Waals surface area contributed by atoms with Gasteiger partial charge in [-0.2, -0.15) is 0 Å². The molecule has 0 saturated heterocycles. The Morgan fingerprint density at radius 1 is 1.33 bits per heavy atom. The van der Waals surface area contributed by atoms with E-state index in [9.17, 15) is 0 Å². The van der Waals surface area contributed by atoms with Crippen molar-refractivity contribution in [2.75, 3.05) is 0 Å². The summed E-state index contributed by atoms with van der Waals surface area (Å²) in [6, 6.07) is 0. The van der Waals surface area contributed by atoms with Crippen LogP contribution in [0.1, 0.15) is 0 Å². The quantitative estimate of drug-likeness (QED) is 0.405. The molecule has 6 heteroatoms. The molecule has 0 rings (SSSR count). The Morgan fingerprint density at radius 3 is 1.67 bits per heavy atom. The first-order valence-electron chi connectivity index (χ1n) is 1.03. The molecule has 0 unspecified atom stereocenters. The largest absolute Gasteiger partial charge is 0.367 e. The van der Waals surface area contributed by atoms with E-state index < -0.39 is 8.53 Å². The Balaban J connectivity index is 2.75. The molecule has 2 N–H and O–H groups in total.